The summed E-state index contributed by atoms with van der Waals surface area (Å²) in [5.41, 5.74) is 4.05. The molecule has 0 saturated carbocycles. The second kappa shape index (κ2) is 6.48. The quantitative estimate of drug-likeness (QED) is 0.596. The molecule has 0 fully saturated rings. The van der Waals surface area contributed by atoms with E-state index in [-0.39, 0.29) is 0 Å². The second-order valence-electron chi connectivity index (χ2n) is 3.70. The van der Waals surface area contributed by atoms with Crippen LogP contribution in [0.15, 0.2) is 22.8 Å². The van der Waals surface area contributed by atoms with E-state index in [1.165, 1.54) is 16.7 Å². The third-order valence-electron chi connectivity index (χ3n) is 2.22. The first-order valence-electron chi connectivity index (χ1n) is 4.73. The Morgan fingerprint density at radius 1 is 1.23 bits per heavy atom. The van der Waals surface area contributed by atoms with Gasteiger partial charge in [-0.25, -0.2) is 0 Å². The fraction of sp³-hybridized carbons (Fsp3) is 0.583. The molecule has 0 rings (SSSR count). The zero-order chi connectivity index (χ0) is 10.3. The van der Waals surface area contributed by atoms with Crippen molar-refractivity contribution in [3.8, 4) is 6.07 Å². The Balaban J connectivity index is 3.87. The van der Waals surface area contributed by atoms with Gasteiger partial charge < -0.3 is 0 Å². The highest BCUT2D eigenvalue weighted by Gasteiger charge is 1.92. The van der Waals surface area contributed by atoms with Crippen molar-refractivity contribution in [1.29, 1.82) is 5.26 Å². The normalized spacial score (nSPS) is 10.8. The molecule has 0 heterocycles. The first-order chi connectivity index (χ1) is 6.07. The first-order valence-corrected chi connectivity index (χ1v) is 4.73. The lowest BCUT2D eigenvalue weighted by Crippen LogP contribution is -1.81. The Morgan fingerprint density at radius 3 is 2.31 bits per heavy atom. The van der Waals surface area contributed by atoms with Crippen molar-refractivity contribution in [2.45, 2.75) is 47.0 Å². The average Bonchev–Trinajstić information content (AvgIpc) is 2.04. The molecule has 0 aliphatic heterocycles. The van der Waals surface area contributed by atoms with Gasteiger partial charge in [0.15, 0.2) is 0 Å². The van der Waals surface area contributed by atoms with Gasteiger partial charge in [0.1, 0.15) is 0 Å². The van der Waals surface area contributed by atoms with Crippen LogP contribution in [0.25, 0.3) is 0 Å². The van der Waals surface area contributed by atoms with Crippen LogP contribution in [0.5, 0.6) is 0 Å². The number of allylic oxidation sites excluding steroid dienone is 4. The molecule has 0 radical (unpaired) electrons. The standard InChI is InChI=1S/C12H19N/c1-10(2)12(4)7-5-6-11(3)8-9-13/h6H,5,7-8H2,1-4H3. The predicted molar refractivity (Wildman–Crippen MR) is 57.3 cm³/mol. The third kappa shape index (κ3) is 6.16. The minimum atomic E-state index is 0.563. The van der Waals surface area contributed by atoms with Gasteiger partial charge in [0, 0.05) is 0 Å². The highest BCUT2D eigenvalue weighted by molar-refractivity contribution is 5.10. The average molecular weight is 177 g/mol. The molecule has 0 aliphatic carbocycles. The molecule has 13 heavy (non-hydrogen) atoms. The highest BCUT2D eigenvalue weighted by Crippen LogP contribution is 2.11. The van der Waals surface area contributed by atoms with E-state index in [4.69, 9.17) is 5.26 Å². The molecule has 0 N–H and O–H groups in total. The van der Waals surface area contributed by atoms with Gasteiger partial charge in [-0.15, -0.1) is 0 Å². The molecular weight excluding hydrogens is 158 g/mol. The Kier molecular flexibility index (Phi) is 5.97. The first kappa shape index (κ1) is 12.0. The van der Waals surface area contributed by atoms with Gasteiger partial charge in [-0.05, 0) is 40.5 Å². The maximum atomic E-state index is 8.43. The van der Waals surface area contributed by atoms with Gasteiger partial charge in [-0.1, -0.05) is 22.8 Å². The van der Waals surface area contributed by atoms with Gasteiger partial charge in [0.05, 0.1) is 12.5 Å². The van der Waals surface area contributed by atoms with Gasteiger partial charge in [-0.2, -0.15) is 5.26 Å². The number of rotatable bonds is 4. The second-order valence-corrected chi connectivity index (χ2v) is 3.70. The largest absolute Gasteiger partial charge is 0.198 e. The fourth-order valence-corrected chi connectivity index (χ4v) is 0.982. The lowest BCUT2D eigenvalue weighted by Gasteiger charge is -2.01. The highest BCUT2D eigenvalue weighted by atomic mass is 14.2. The lowest BCUT2D eigenvalue weighted by molar-refractivity contribution is 0.940. The molecule has 0 aromatic heterocycles. The summed E-state index contributed by atoms with van der Waals surface area (Å²) in [7, 11) is 0. The Bertz CT molecular complexity index is 247. The molecular formula is C12H19N. The Hall–Kier alpha value is -1.03. The van der Waals surface area contributed by atoms with Crippen LogP contribution in [-0.2, 0) is 0 Å². The van der Waals surface area contributed by atoms with Crippen molar-refractivity contribution in [2.24, 2.45) is 0 Å². The van der Waals surface area contributed by atoms with Crippen LogP contribution >= 0.6 is 0 Å². The molecule has 72 valence electrons. The van der Waals surface area contributed by atoms with E-state index in [0.29, 0.717) is 6.42 Å². The predicted octanol–water partition coefficient (Wildman–Crippen LogP) is 3.98. The van der Waals surface area contributed by atoms with Crippen LogP contribution in [0, 0.1) is 11.3 Å². The summed E-state index contributed by atoms with van der Waals surface area (Å²) in [5, 5.41) is 8.43. The molecule has 0 aromatic rings. The zero-order valence-electron chi connectivity index (χ0n) is 9.15. The molecule has 1 heteroatoms. The fourth-order valence-electron chi connectivity index (χ4n) is 0.982. The maximum absolute atomic E-state index is 8.43. The topological polar surface area (TPSA) is 23.8 Å². The van der Waals surface area contributed by atoms with E-state index in [1.807, 2.05) is 6.92 Å². The third-order valence-corrected chi connectivity index (χ3v) is 2.22. The van der Waals surface area contributed by atoms with Gasteiger partial charge in [0.25, 0.3) is 0 Å². The monoisotopic (exact) mass is 177 g/mol. The minimum absolute atomic E-state index is 0.563. The summed E-state index contributed by atoms with van der Waals surface area (Å²) in [4.78, 5) is 0. The molecule has 0 bridgehead atoms. The lowest BCUT2D eigenvalue weighted by atomic mass is 10.1. The molecule has 0 aliphatic rings. The summed E-state index contributed by atoms with van der Waals surface area (Å²) < 4.78 is 0. The Labute approximate surface area is 81.8 Å². The van der Waals surface area contributed by atoms with E-state index in [9.17, 15) is 0 Å². The molecule has 0 aromatic carbocycles. The van der Waals surface area contributed by atoms with Crippen LogP contribution < -0.4 is 0 Å². The van der Waals surface area contributed by atoms with Crippen LogP contribution in [-0.4, -0.2) is 0 Å². The SMILES string of the molecule is CC(=CCCC(C)=C(C)C)CC#N. The molecule has 1 nitrogen and oxygen atoms in total. The van der Waals surface area contributed by atoms with Crippen molar-refractivity contribution in [3.05, 3.63) is 22.8 Å². The summed E-state index contributed by atoms with van der Waals surface area (Å²) in [6, 6.07) is 2.15. The van der Waals surface area contributed by atoms with Gasteiger partial charge in [0.2, 0.25) is 0 Å². The van der Waals surface area contributed by atoms with E-state index in [0.717, 1.165) is 12.8 Å². The number of nitrogens with zero attached hydrogens (tertiary/aromatic N) is 1. The van der Waals surface area contributed by atoms with Crippen molar-refractivity contribution in [2.75, 3.05) is 0 Å². The molecule has 0 amide bonds. The molecule has 0 atom stereocenters. The summed E-state index contributed by atoms with van der Waals surface area (Å²) in [6.45, 7) is 8.46. The smallest absolute Gasteiger partial charge is 0.0666 e. The number of nitriles is 1. The zero-order valence-corrected chi connectivity index (χ0v) is 9.15. The summed E-state index contributed by atoms with van der Waals surface area (Å²) in [5.74, 6) is 0. The Morgan fingerprint density at radius 2 is 1.85 bits per heavy atom. The van der Waals surface area contributed by atoms with E-state index < -0.39 is 0 Å². The van der Waals surface area contributed by atoms with Gasteiger partial charge >= 0.3 is 0 Å². The molecule has 0 saturated heterocycles. The van der Waals surface area contributed by atoms with Crippen LogP contribution in [0.4, 0.5) is 0 Å². The van der Waals surface area contributed by atoms with E-state index in [2.05, 4.69) is 32.9 Å². The van der Waals surface area contributed by atoms with Crippen LogP contribution in [0.3, 0.4) is 0 Å². The van der Waals surface area contributed by atoms with E-state index >= 15 is 0 Å². The maximum Gasteiger partial charge on any atom is 0.0666 e. The number of hydrogen-bond donors (Lipinski definition) is 0. The van der Waals surface area contributed by atoms with Crippen molar-refractivity contribution in [3.63, 3.8) is 0 Å². The van der Waals surface area contributed by atoms with E-state index in [1.54, 1.807) is 0 Å². The van der Waals surface area contributed by atoms with Gasteiger partial charge in [-0.3, -0.25) is 0 Å². The van der Waals surface area contributed by atoms with Crippen LogP contribution in [0.2, 0.25) is 0 Å². The minimum Gasteiger partial charge on any atom is -0.198 e. The van der Waals surface area contributed by atoms with Crippen LogP contribution in [0.1, 0.15) is 47.0 Å². The molecule has 0 spiro atoms. The summed E-state index contributed by atoms with van der Waals surface area (Å²) >= 11 is 0. The molecule has 0 unspecified atom stereocenters. The van der Waals surface area contributed by atoms with Crippen molar-refractivity contribution < 1.29 is 0 Å². The summed E-state index contributed by atoms with van der Waals surface area (Å²) in [6.07, 6.45) is 4.90. The number of hydrogen-bond acceptors (Lipinski definition) is 1. The van der Waals surface area contributed by atoms with Crippen molar-refractivity contribution in [1.82, 2.24) is 0 Å². The van der Waals surface area contributed by atoms with Crippen molar-refractivity contribution >= 4 is 0 Å².